The fourth-order valence-electron chi connectivity index (χ4n) is 2.82. The van der Waals surface area contributed by atoms with Gasteiger partial charge in [0, 0.05) is 30.2 Å². The van der Waals surface area contributed by atoms with Gasteiger partial charge in [0.1, 0.15) is 5.01 Å². The van der Waals surface area contributed by atoms with E-state index in [0.717, 1.165) is 18.2 Å². The number of rotatable bonds is 4. The molecule has 0 amide bonds. The lowest BCUT2D eigenvalue weighted by Gasteiger charge is -2.39. The van der Waals surface area contributed by atoms with Gasteiger partial charge in [0.05, 0.1) is 6.04 Å². The van der Waals surface area contributed by atoms with Crippen LogP contribution in [0.4, 0.5) is 0 Å². The quantitative estimate of drug-likeness (QED) is 0.909. The maximum Gasteiger partial charge on any atom is 0.110 e. The molecule has 3 unspecified atom stereocenters. The molecule has 1 aliphatic rings. The smallest absolute Gasteiger partial charge is 0.110 e. The second-order valence-corrected chi connectivity index (χ2v) is 6.32. The van der Waals surface area contributed by atoms with Crippen LogP contribution >= 0.6 is 11.3 Å². The van der Waals surface area contributed by atoms with Gasteiger partial charge in [-0.2, -0.15) is 0 Å². The number of aromatic nitrogens is 1. The molecule has 3 nitrogen and oxygen atoms in total. The van der Waals surface area contributed by atoms with Gasteiger partial charge in [0.15, 0.2) is 0 Å². The van der Waals surface area contributed by atoms with Crippen molar-refractivity contribution in [1.82, 2.24) is 15.2 Å². The summed E-state index contributed by atoms with van der Waals surface area (Å²) in [5.41, 5.74) is 1.15. The van der Waals surface area contributed by atoms with Gasteiger partial charge in [0.25, 0.3) is 0 Å². The number of hydrogen-bond acceptors (Lipinski definition) is 4. The van der Waals surface area contributed by atoms with Gasteiger partial charge in [-0.05, 0) is 32.7 Å². The van der Waals surface area contributed by atoms with Gasteiger partial charge >= 0.3 is 0 Å². The zero-order valence-corrected chi connectivity index (χ0v) is 12.8. The number of aryl methyl sites for hydroxylation is 1. The van der Waals surface area contributed by atoms with Crippen LogP contribution in [-0.2, 0) is 0 Å². The van der Waals surface area contributed by atoms with Crippen molar-refractivity contribution in [3.8, 4) is 0 Å². The van der Waals surface area contributed by atoms with E-state index in [1.54, 1.807) is 11.3 Å². The second-order valence-electron chi connectivity index (χ2n) is 5.43. The third kappa shape index (κ3) is 3.11. The van der Waals surface area contributed by atoms with Crippen molar-refractivity contribution < 1.29 is 0 Å². The van der Waals surface area contributed by atoms with Crippen LogP contribution in [0.1, 0.15) is 43.9 Å². The number of thiazole rings is 1. The highest BCUT2D eigenvalue weighted by molar-refractivity contribution is 7.09. The molecule has 3 atom stereocenters. The summed E-state index contributed by atoms with van der Waals surface area (Å²) < 4.78 is 0. The van der Waals surface area contributed by atoms with E-state index in [1.807, 2.05) is 0 Å². The fourth-order valence-corrected chi connectivity index (χ4v) is 3.70. The van der Waals surface area contributed by atoms with Crippen LogP contribution in [0.3, 0.4) is 0 Å². The van der Waals surface area contributed by atoms with E-state index < -0.39 is 0 Å². The molecule has 1 saturated heterocycles. The van der Waals surface area contributed by atoms with Crippen LogP contribution in [0, 0.1) is 12.8 Å². The fraction of sp³-hybridized carbons (Fsp3) is 0.786. The molecular weight excluding hydrogens is 242 g/mol. The highest BCUT2D eigenvalue weighted by atomic mass is 32.1. The van der Waals surface area contributed by atoms with Crippen molar-refractivity contribution in [2.24, 2.45) is 5.92 Å². The Hall–Kier alpha value is -0.450. The first kappa shape index (κ1) is 14.0. The standard InChI is InChI=1S/C14H25N3S/c1-5-15-13-6-7-17(8-10(13)2)12(4)14-16-11(3)9-18-14/h9-10,12-13,15H,5-8H2,1-4H3. The monoisotopic (exact) mass is 267 g/mol. The molecule has 0 spiro atoms. The van der Waals surface area contributed by atoms with Crippen molar-refractivity contribution in [3.63, 3.8) is 0 Å². The molecule has 0 bridgehead atoms. The second kappa shape index (κ2) is 6.13. The minimum Gasteiger partial charge on any atom is -0.314 e. The van der Waals surface area contributed by atoms with E-state index >= 15 is 0 Å². The predicted octanol–water partition coefficient (Wildman–Crippen LogP) is 2.83. The SMILES string of the molecule is CCNC1CCN(C(C)c2nc(C)cs2)CC1C. The van der Waals surface area contributed by atoms with E-state index in [2.05, 4.69) is 48.3 Å². The van der Waals surface area contributed by atoms with Crippen LogP contribution in [-0.4, -0.2) is 35.6 Å². The third-order valence-corrected chi connectivity index (χ3v) is 5.08. The Morgan fingerprint density at radius 3 is 2.94 bits per heavy atom. The molecule has 102 valence electrons. The summed E-state index contributed by atoms with van der Waals surface area (Å²) in [7, 11) is 0. The Labute approximate surface area is 115 Å². The molecule has 0 aromatic carbocycles. The summed E-state index contributed by atoms with van der Waals surface area (Å²) in [6, 6.07) is 1.16. The van der Waals surface area contributed by atoms with Gasteiger partial charge in [-0.3, -0.25) is 4.90 Å². The van der Waals surface area contributed by atoms with E-state index in [9.17, 15) is 0 Å². The zero-order chi connectivity index (χ0) is 13.1. The van der Waals surface area contributed by atoms with Crippen molar-refractivity contribution in [3.05, 3.63) is 16.1 Å². The largest absolute Gasteiger partial charge is 0.314 e. The van der Waals surface area contributed by atoms with E-state index in [1.165, 1.54) is 24.5 Å². The van der Waals surface area contributed by atoms with E-state index in [4.69, 9.17) is 0 Å². The van der Waals surface area contributed by atoms with Crippen LogP contribution < -0.4 is 5.32 Å². The summed E-state index contributed by atoms with van der Waals surface area (Å²) in [5.74, 6) is 0.724. The van der Waals surface area contributed by atoms with Crippen LogP contribution in [0.15, 0.2) is 5.38 Å². The molecule has 1 fully saturated rings. The minimum atomic E-state index is 0.466. The molecule has 2 rings (SSSR count). The minimum absolute atomic E-state index is 0.466. The Bertz CT molecular complexity index is 377. The normalized spacial score (nSPS) is 27.3. The molecule has 0 radical (unpaired) electrons. The lowest BCUT2D eigenvalue weighted by atomic mass is 9.93. The van der Waals surface area contributed by atoms with Crippen molar-refractivity contribution in [2.45, 2.75) is 46.2 Å². The van der Waals surface area contributed by atoms with E-state index in [0.29, 0.717) is 12.1 Å². The molecule has 4 heteroatoms. The highest BCUT2D eigenvalue weighted by Crippen LogP contribution is 2.28. The first-order chi connectivity index (χ1) is 8.61. The number of piperidine rings is 1. The first-order valence-electron chi connectivity index (χ1n) is 7.01. The van der Waals surface area contributed by atoms with Crippen molar-refractivity contribution in [2.75, 3.05) is 19.6 Å². The molecular formula is C14H25N3S. The lowest BCUT2D eigenvalue weighted by Crippen LogP contribution is -2.48. The summed E-state index contributed by atoms with van der Waals surface area (Å²) >= 11 is 1.80. The average molecular weight is 267 g/mol. The maximum atomic E-state index is 4.63. The van der Waals surface area contributed by atoms with Crippen LogP contribution in [0.2, 0.25) is 0 Å². The van der Waals surface area contributed by atoms with Gasteiger partial charge in [-0.25, -0.2) is 4.98 Å². The molecule has 2 heterocycles. The van der Waals surface area contributed by atoms with Gasteiger partial charge < -0.3 is 5.32 Å². The number of likely N-dealkylation sites (tertiary alicyclic amines) is 1. The highest BCUT2D eigenvalue weighted by Gasteiger charge is 2.29. The average Bonchev–Trinajstić information content (AvgIpc) is 2.78. The van der Waals surface area contributed by atoms with Gasteiger partial charge in [-0.15, -0.1) is 11.3 Å². The number of hydrogen-bond donors (Lipinski definition) is 1. The van der Waals surface area contributed by atoms with Crippen molar-refractivity contribution >= 4 is 11.3 Å². The maximum absolute atomic E-state index is 4.63. The molecule has 1 aromatic heterocycles. The van der Waals surface area contributed by atoms with Gasteiger partial charge in [-0.1, -0.05) is 13.8 Å². The zero-order valence-electron chi connectivity index (χ0n) is 11.9. The van der Waals surface area contributed by atoms with Crippen LogP contribution in [0.5, 0.6) is 0 Å². The number of nitrogens with zero attached hydrogens (tertiary/aromatic N) is 2. The Balaban J connectivity index is 1.95. The third-order valence-electron chi connectivity index (χ3n) is 3.94. The molecule has 0 aliphatic carbocycles. The summed E-state index contributed by atoms with van der Waals surface area (Å²) in [6.45, 7) is 12.4. The first-order valence-corrected chi connectivity index (χ1v) is 7.89. The van der Waals surface area contributed by atoms with Crippen LogP contribution in [0.25, 0.3) is 0 Å². The molecule has 0 saturated carbocycles. The van der Waals surface area contributed by atoms with Gasteiger partial charge in [0.2, 0.25) is 0 Å². The van der Waals surface area contributed by atoms with Crippen molar-refractivity contribution in [1.29, 1.82) is 0 Å². The molecule has 1 aliphatic heterocycles. The lowest BCUT2D eigenvalue weighted by molar-refractivity contribution is 0.112. The summed E-state index contributed by atoms with van der Waals surface area (Å²) in [5, 5.41) is 7.02. The summed E-state index contributed by atoms with van der Waals surface area (Å²) in [4.78, 5) is 7.21. The Kier molecular flexibility index (Phi) is 4.76. The number of nitrogens with one attached hydrogen (secondary N) is 1. The Morgan fingerprint density at radius 1 is 1.61 bits per heavy atom. The predicted molar refractivity (Wildman–Crippen MR) is 78.1 cm³/mol. The molecule has 1 aromatic rings. The Morgan fingerprint density at radius 2 is 2.39 bits per heavy atom. The molecule has 18 heavy (non-hydrogen) atoms. The topological polar surface area (TPSA) is 28.2 Å². The molecule has 1 N–H and O–H groups in total. The van der Waals surface area contributed by atoms with E-state index in [-0.39, 0.29) is 0 Å². The summed E-state index contributed by atoms with van der Waals surface area (Å²) in [6.07, 6.45) is 1.25.